The Morgan fingerprint density at radius 1 is 1.25 bits per heavy atom. The maximum Gasteiger partial charge on any atom is 0.0105 e. The van der Waals surface area contributed by atoms with Crippen molar-refractivity contribution < 1.29 is 0 Å². The summed E-state index contributed by atoms with van der Waals surface area (Å²) < 4.78 is 0. The van der Waals surface area contributed by atoms with Crippen molar-refractivity contribution in [1.29, 1.82) is 0 Å². The molecule has 0 bridgehead atoms. The highest BCUT2D eigenvalue weighted by molar-refractivity contribution is 4.86. The SMILES string of the molecule is CC(C)C(C)CN1C[C@@H](C)C1C. The molecule has 1 heterocycles. The van der Waals surface area contributed by atoms with Crippen molar-refractivity contribution in [1.82, 2.24) is 4.90 Å². The first kappa shape index (κ1) is 10.0. The van der Waals surface area contributed by atoms with Crippen molar-refractivity contribution in [3.05, 3.63) is 0 Å². The van der Waals surface area contributed by atoms with Crippen molar-refractivity contribution >= 4 is 0 Å². The van der Waals surface area contributed by atoms with Gasteiger partial charge in [-0.05, 0) is 24.7 Å². The molecule has 0 aromatic heterocycles. The molecule has 2 unspecified atom stereocenters. The summed E-state index contributed by atoms with van der Waals surface area (Å²) in [6, 6.07) is 0.825. The van der Waals surface area contributed by atoms with Crippen molar-refractivity contribution in [3.63, 3.8) is 0 Å². The zero-order chi connectivity index (χ0) is 9.30. The Bertz CT molecular complexity index is 142. The molecule has 72 valence electrons. The standard InChI is InChI=1S/C11H23N/c1-8(2)9(3)6-12-7-10(4)11(12)5/h8-11H,6-7H2,1-5H3/t9?,10-,11?/m1/s1. The fraction of sp³-hybridized carbons (Fsp3) is 1.00. The van der Waals surface area contributed by atoms with Gasteiger partial charge in [-0.2, -0.15) is 0 Å². The molecular formula is C11H23N. The molecule has 0 aromatic carbocycles. The van der Waals surface area contributed by atoms with E-state index in [-0.39, 0.29) is 0 Å². The van der Waals surface area contributed by atoms with Gasteiger partial charge >= 0.3 is 0 Å². The van der Waals surface area contributed by atoms with Crippen molar-refractivity contribution in [2.45, 2.75) is 40.7 Å². The highest BCUT2D eigenvalue weighted by Gasteiger charge is 2.32. The Balaban J connectivity index is 2.24. The van der Waals surface area contributed by atoms with Gasteiger partial charge in [0.1, 0.15) is 0 Å². The summed E-state index contributed by atoms with van der Waals surface area (Å²) in [4.78, 5) is 2.61. The van der Waals surface area contributed by atoms with Gasteiger partial charge < -0.3 is 0 Å². The van der Waals surface area contributed by atoms with E-state index in [1.165, 1.54) is 13.1 Å². The van der Waals surface area contributed by atoms with Crippen LogP contribution in [0.1, 0.15) is 34.6 Å². The van der Waals surface area contributed by atoms with Gasteiger partial charge in [-0.1, -0.05) is 27.7 Å². The average molecular weight is 169 g/mol. The summed E-state index contributed by atoms with van der Waals surface area (Å²) >= 11 is 0. The third kappa shape index (κ3) is 2.01. The van der Waals surface area contributed by atoms with Gasteiger partial charge in [-0.3, -0.25) is 4.90 Å². The molecular weight excluding hydrogens is 146 g/mol. The third-order valence-corrected chi connectivity index (χ3v) is 3.58. The van der Waals surface area contributed by atoms with Crippen LogP contribution in [0.5, 0.6) is 0 Å². The molecule has 1 rings (SSSR count). The maximum atomic E-state index is 2.61. The summed E-state index contributed by atoms with van der Waals surface area (Å²) in [5.41, 5.74) is 0. The molecule has 0 saturated carbocycles. The van der Waals surface area contributed by atoms with E-state index in [9.17, 15) is 0 Å². The first-order chi connectivity index (χ1) is 5.52. The smallest absolute Gasteiger partial charge is 0.0105 e. The molecule has 0 amide bonds. The van der Waals surface area contributed by atoms with E-state index in [1.807, 2.05) is 0 Å². The van der Waals surface area contributed by atoms with Crippen molar-refractivity contribution in [3.8, 4) is 0 Å². The minimum absolute atomic E-state index is 0.825. The lowest BCUT2D eigenvalue weighted by atomic mass is 9.88. The van der Waals surface area contributed by atoms with Gasteiger partial charge in [0.15, 0.2) is 0 Å². The Labute approximate surface area is 77.1 Å². The number of rotatable bonds is 3. The molecule has 1 fully saturated rings. The van der Waals surface area contributed by atoms with Gasteiger partial charge in [0.25, 0.3) is 0 Å². The largest absolute Gasteiger partial charge is 0.300 e. The zero-order valence-corrected chi connectivity index (χ0v) is 9.17. The third-order valence-electron chi connectivity index (χ3n) is 3.58. The van der Waals surface area contributed by atoms with E-state index >= 15 is 0 Å². The number of hydrogen-bond donors (Lipinski definition) is 0. The molecule has 12 heavy (non-hydrogen) atoms. The highest BCUT2D eigenvalue weighted by Crippen LogP contribution is 2.26. The molecule has 0 aliphatic carbocycles. The van der Waals surface area contributed by atoms with Gasteiger partial charge in [0.05, 0.1) is 0 Å². The molecule has 0 spiro atoms. The van der Waals surface area contributed by atoms with Crippen molar-refractivity contribution in [2.24, 2.45) is 17.8 Å². The van der Waals surface area contributed by atoms with Gasteiger partial charge in [0, 0.05) is 19.1 Å². The normalized spacial score (nSPS) is 33.5. The first-order valence-corrected chi connectivity index (χ1v) is 5.26. The van der Waals surface area contributed by atoms with Crippen LogP contribution in [0.15, 0.2) is 0 Å². The summed E-state index contributed by atoms with van der Waals surface area (Å²) in [6.45, 7) is 14.3. The Hall–Kier alpha value is -0.0400. The zero-order valence-electron chi connectivity index (χ0n) is 9.17. The molecule has 0 N–H and O–H groups in total. The maximum absolute atomic E-state index is 2.61. The van der Waals surface area contributed by atoms with Crippen LogP contribution in [0.2, 0.25) is 0 Å². The summed E-state index contributed by atoms with van der Waals surface area (Å²) in [5, 5.41) is 0. The first-order valence-electron chi connectivity index (χ1n) is 5.26. The summed E-state index contributed by atoms with van der Waals surface area (Å²) in [5.74, 6) is 2.59. The van der Waals surface area contributed by atoms with Crippen molar-refractivity contribution in [2.75, 3.05) is 13.1 Å². The predicted octanol–water partition coefficient (Wildman–Crippen LogP) is 2.62. The number of nitrogens with zero attached hydrogens (tertiary/aromatic N) is 1. The van der Waals surface area contributed by atoms with Crippen LogP contribution >= 0.6 is 0 Å². The fourth-order valence-electron chi connectivity index (χ4n) is 1.73. The van der Waals surface area contributed by atoms with Crippen LogP contribution in [-0.2, 0) is 0 Å². The number of likely N-dealkylation sites (tertiary alicyclic amines) is 1. The second kappa shape index (κ2) is 3.78. The van der Waals surface area contributed by atoms with E-state index in [1.54, 1.807) is 0 Å². The topological polar surface area (TPSA) is 3.24 Å². The molecule has 0 radical (unpaired) electrons. The lowest BCUT2D eigenvalue weighted by Gasteiger charge is -2.46. The average Bonchev–Trinajstić information content (AvgIpc) is 2.03. The molecule has 1 aliphatic heterocycles. The molecule has 1 nitrogen and oxygen atoms in total. The van der Waals surface area contributed by atoms with E-state index < -0.39 is 0 Å². The van der Waals surface area contributed by atoms with Crippen LogP contribution in [0.4, 0.5) is 0 Å². The second-order valence-electron chi connectivity index (χ2n) is 4.89. The molecule has 0 aromatic rings. The Kier molecular flexibility index (Phi) is 3.16. The van der Waals surface area contributed by atoms with Crippen LogP contribution in [0, 0.1) is 17.8 Å². The van der Waals surface area contributed by atoms with E-state index in [4.69, 9.17) is 0 Å². The van der Waals surface area contributed by atoms with Crippen LogP contribution in [0.3, 0.4) is 0 Å². The van der Waals surface area contributed by atoms with E-state index in [2.05, 4.69) is 39.5 Å². The minimum Gasteiger partial charge on any atom is -0.300 e. The minimum atomic E-state index is 0.825. The number of hydrogen-bond acceptors (Lipinski definition) is 1. The lowest BCUT2D eigenvalue weighted by molar-refractivity contribution is 0.0199. The quantitative estimate of drug-likeness (QED) is 0.628. The van der Waals surface area contributed by atoms with E-state index in [0.717, 1.165) is 23.8 Å². The second-order valence-corrected chi connectivity index (χ2v) is 4.89. The fourth-order valence-corrected chi connectivity index (χ4v) is 1.73. The van der Waals surface area contributed by atoms with Crippen LogP contribution in [-0.4, -0.2) is 24.0 Å². The van der Waals surface area contributed by atoms with Gasteiger partial charge in [-0.15, -0.1) is 0 Å². The molecule has 1 heteroatoms. The van der Waals surface area contributed by atoms with Crippen LogP contribution in [0.25, 0.3) is 0 Å². The predicted molar refractivity (Wildman–Crippen MR) is 54.2 cm³/mol. The molecule has 1 aliphatic rings. The lowest BCUT2D eigenvalue weighted by Crippen LogP contribution is -2.54. The molecule has 1 saturated heterocycles. The summed E-state index contributed by atoms with van der Waals surface area (Å²) in [7, 11) is 0. The van der Waals surface area contributed by atoms with E-state index in [0.29, 0.717) is 0 Å². The van der Waals surface area contributed by atoms with Crippen LogP contribution < -0.4 is 0 Å². The summed E-state index contributed by atoms with van der Waals surface area (Å²) in [6.07, 6.45) is 0. The Morgan fingerprint density at radius 2 is 1.83 bits per heavy atom. The Morgan fingerprint density at radius 3 is 2.17 bits per heavy atom. The monoisotopic (exact) mass is 169 g/mol. The highest BCUT2D eigenvalue weighted by atomic mass is 15.2. The van der Waals surface area contributed by atoms with Gasteiger partial charge in [-0.25, -0.2) is 0 Å². The van der Waals surface area contributed by atoms with Gasteiger partial charge in [0.2, 0.25) is 0 Å². The molecule has 3 atom stereocenters.